The monoisotopic (exact) mass is 178 g/mol. The molecule has 0 aromatic rings. The zero-order valence-corrected chi connectivity index (χ0v) is 6.12. The molecule has 1 heterocycles. The lowest BCUT2D eigenvalue weighted by atomic mass is 10.1. The second-order valence-corrected chi connectivity index (χ2v) is 2.59. The van der Waals surface area contributed by atoms with E-state index in [0.29, 0.717) is 0 Å². The minimum Gasteiger partial charge on any atom is -0.455 e. The quantitative estimate of drug-likeness (QED) is 0.335. The predicted molar refractivity (Wildman–Crippen MR) is 35.0 cm³/mol. The van der Waals surface area contributed by atoms with Crippen LogP contribution in [0.25, 0.3) is 0 Å². The van der Waals surface area contributed by atoms with Crippen molar-refractivity contribution in [2.75, 3.05) is 6.61 Å². The number of esters is 1. The summed E-state index contributed by atoms with van der Waals surface area (Å²) in [5.74, 6) is -0.986. The van der Waals surface area contributed by atoms with Gasteiger partial charge >= 0.3 is 5.97 Å². The summed E-state index contributed by atoms with van der Waals surface area (Å²) in [6.45, 7) is -0.637. The first-order valence-corrected chi connectivity index (χ1v) is 3.43. The largest absolute Gasteiger partial charge is 0.455 e. The van der Waals surface area contributed by atoms with Crippen LogP contribution in [0.2, 0.25) is 0 Å². The number of carbonyl (C=O) groups is 1. The molecule has 0 aromatic heterocycles. The SMILES string of the molecule is O=C1O[C@@H](C(O)CO)[C@H](O)[C@H]1O. The first kappa shape index (κ1) is 9.40. The maximum absolute atomic E-state index is 10.6. The molecule has 1 rings (SSSR count). The minimum absolute atomic E-state index is 0.637. The molecule has 4 N–H and O–H groups in total. The van der Waals surface area contributed by atoms with Gasteiger partial charge in [-0.2, -0.15) is 0 Å². The van der Waals surface area contributed by atoms with E-state index in [1.807, 2.05) is 0 Å². The van der Waals surface area contributed by atoms with Gasteiger partial charge in [-0.3, -0.25) is 0 Å². The fraction of sp³-hybridized carbons (Fsp3) is 0.833. The second kappa shape index (κ2) is 3.36. The second-order valence-electron chi connectivity index (χ2n) is 2.59. The summed E-state index contributed by atoms with van der Waals surface area (Å²) in [7, 11) is 0. The molecule has 4 atom stereocenters. The number of aliphatic hydroxyl groups is 4. The maximum Gasteiger partial charge on any atom is 0.338 e. The molecule has 1 aliphatic heterocycles. The van der Waals surface area contributed by atoms with Crippen LogP contribution in [0, 0.1) is 0 Å². The van der Waals surface area contributed by atoms with Gasteiger partial charge in [-0.1, -0.05) is 0 Å². The van der Waals surface area contributed by atoms with Crippen molar-refractivity contribution >= 4 is 5.97 Å². The van der Waals surface area contributed by atoms with E-state index in [1.165, 1.54) is 0 Å². The van der Waals surface area contributed by atoms with E-state index in [0.717, 1.165) is 0 Å². The summed E-state index contributed by atoms with van der Waals surface area (Å²) in [6, 6.07) is 0. The van der Waals surface area contributed by atoms with Crippen LogP contribution in [0.1, 0.15) is 0 Å². The molecule has 12 heavy (non-hydrogen) atoms. The highest BCUT2D eigenvalue weighted by atomic mass is 16.6. The Morgan fingerprint density at radius 2 is 2.08 bits per heavy atom. The van der Waals surface area contributed by atoms with E-state index in [9.17, 15) is 4.79 Å². The van der Waals surface area contributed by atoms with Gasteiger partial charge in [-0.15, -0.1) is 0 Å². The number of hydrogen-bond acceptors (Lipinski definition) is 6. The Balaban J connectivity index is 2.64. The first-order valence-electron chi connectivity index (χ1n) is 3.43. The Morgan fingerprint density at radius 3 is 2.42 bits per heavy atom. The van der Waals surface area contributed by atoms with Crippen molar-refractivity contribution in [3.8, 4) is 0 Å². The van der Waals surface area contributed by atoms with Crippen molar-refractivity contribution in [1.82, 2.24) is 0 Å². The highest BCUT2D eigenvalue weighted by Gasteiger charge is 2.45. The van der Waals surface area contributed by atoms with E-state index in [1.54, 1.807) is 0 Å². The molecular weight excluding hydrogens is 168 g/mol. The van der Waals surface area contributed by atoms with E-state index in [4.69, 9.17) is 20.4 Å². The molecule has 70 valence electrons. The zero-order valence-electron chi connectivity index (χ0n) is 6.12. The zero-order chi connectivity index (χ0) is 9.30. The van der Waals surface area contributed by atoms with Crippen LogP contribution in [-0.4, -0.2) is 57.4 Å². The van der Waals surface area contributed by atoms with Crippen molar-refractivity contribution < 1.29 is 30.0 Å². The van der Waals surface area contributed by atoms with Crippen molar-refractivity contribution in [1.29, 1.82) is 0 Å². The number of aliphatic hydroxyl groups excluding tert-OH is 4. The van der Waals surface area contributed by atoms with Crippen LogP contribution in [0.3, 0.4) is 0 Å². The lowest BCUT2D eigenvalue weighted by molar-refractivity contribution is -0.151. The van der Waals surface area contributed by atoms with Gasteiger partial charge in [-0.05, 0) is 0 Å². The average Bonchev–Trinajstić information content (AvgIpc) is 2.32. The topological polar surface area (TPSA) is 107 Å². The minimum atomic E-state index is -1.63. The lowest BCUT2D eigenvalue weighted by Gasteiger charge is -2.17. The van der Waals surface area contributed by atoms with Crippen LogP contribution in [0.4, 0.5) is 0 Å². The third kappa shape index (κ3) is 1.42. The third-order valence-corrected chi connectivity index (χ3v) is 1.72. The molecule has 0 aliphatic carbocycles. The number of carbonyl (C=O) groups excluding carboxylic acids is 1. The highest BCUT2D eigenvalue weighted by Crippen LogP contribution is 2.18. The van der Waals surface area contributed by atoms with E-state index < -0.39 is 37.0 Å². The van der Waals surface area contributed by atoms with Gasteiger partial charge < -0.3 is 25.2 Å². The van der Waals surface area contributed by atoms with Gasteiger partial charge in [0.15, 0.2) is 12.2 Å². The van der Waals surface area contributed by atoms with E-state index in [-0.39, 0.29) is 0 Å². The Kier molecular flexibility index (Phi) is 2.63. The molecular formula is C6H10O6. The Bertz CT molecular complexity index is 181. The maximum atomic E-state index is 10.6. The van der Waals surface area contributed by atoms with Crippen LogP contribution in [0.5, 0.6) is 0 Å². The summed E-state index contributed by atoms with van der Waals surface area (Å²) >= 11 is 0. The Morgan fingerprint density at radius 1 is 1.50 bits per heavy atom. The van der Waals surface area contributed by atoms with Gasteiger partial charge in [-0.25, -0.2) is 4.79 Å². The van der Waals surface area contributed by atoms with Crippen LogP contribution in [0.15, 0.2) is 0 Å². The molecule has 0 aromatic carbocycles. The molecule has 1 saturated heterocycles. The van der Waals surface area contributed by atoms with E-state index in [2.05, 4.69) is 4.74 Å². The van der Waals surface area contributed by atoms with Crippen LogP contribution < -0.4 is 0 Å². The molecule has 1 unspecified atom stereocenters. The molecule has 0 spiro atoms. The van der Waals surface area contributed by atoms with Gasteiger partial charge in [0.05, 0.1) is 6.61 Å². The fourth-order valence-corrected chi connectivity index (χ4v) is 1.00. The standard InChI is InChI=1S/C6H10O6/c7-1-2(8)5-3(9)4(10)6(11)12-5/h2-5,7-10H,1H2/t2?,3-,4-,5+/m1/s1. The van der Waals surface area contributed by atoms with Gasteiger partial charge in [0.25, 0.3) is 0 Å². The predicted octanol–water partition coefficient (Wildman–Crippen LogP) is -3.01. The number of hydrogen-bond donors (Lipinski definition) is 4. The summed E-state index contributed by atoms with van der Waals surface area (Å²) in [6.07, 6.45) is -5.70. The summed E-state index contributed by atoms with van der Waals surface area (Å²) in [5.41, 5.74) is 0. The van der Waals surface area contributed by atoms with E-state index >= 15 is 0 Å². The average molecular weight is 178 g/mol. The molecule has 6 nitrogen and oxygen atoms in total. The molecule has 6 heteroatoms. The third-order valence-electron chi connectivity index (χ3n) is 1.72. The number of rotatable bonds is 2. The number of cyclic esters (lactones) is 1. The molecule has 0 amide bonds. The molecule has 1 aliphatic rings. The van der Waals surface area contributed by atoms with Crippen molar-refractivity contribution in [2.24, 2.45) is 0 Å². The van der Waals surface area contributed by atoms with Crippen molar-refractivity contribution in [3.05, 3.63) is 0 Å². The lowest BCUT2D eigenvalue weighted by Crippen LogP contribution is -2.40. The smallest absolute Gasteiger partial charge is 0.338 e. The molecule has 0 saturated carbocycles. The van der Waals surface area contributed by atoms with Crippen LogP contribution >= 0.6 is 0 Å². The normalized spacial score (nSPS) is 38.0. The molecule has 0 bridgehead atoms. The highest BCUT2D eigenvalue weighted by molar-refractivity contribution is 5.77. The number of ether oxygens (including phenoxy) is 1. The Hall–Kier alpha value is -0.690. The van der Waals surface area contributed by atoms with Gasteiger partial charge in [0.1, 0.15) is 12.2 Å². The van der Waals surface area contributed by atoms with Gasteiger partial charge in [0, 0.05) is 0 Å². The van der Waals surface area contributed by atoms with Crippen molar-refractivity contribution in [2.45, 2.75) is 24.4 Å². The summed E-state index contributed by atoms with van der Waals surface area (Å²) in [5, 5.41) is 35.3. The van der Waals surface area contributed by atoms with Gasteiger partial charge in [0.2, 0.25) is 0 Å². The van der Waals surface area contributed by atoms with Crippen molar-refractivity contribution in [3.63, 3.8) is 0 Å². The first-order chi connectivity index (χ1) is 5.57. The fourth-order valence-electron chi connectivity index (χ4n) is 1.00. The summed E-state index contributed by atoms with van der Waals surface area (Å²) < 4.78 is 4.39. The van der Waals surface area contributed by atoms with Crippen LogP contribution in [-0.2, 0) is 9.53 Å². The molecule has 0 radical (unpaired) electrons. The molecule has 1 fully saturated rings. The summed E-state index contributed by atoms with van der Waals surface area (Å²) in [4.78, 5) is 10.6. The Labute approximate surface area is 68.0 Å².